The number of methoxy groups -OCH3 is 1. The van der Waals surface area contributed by atoms with E-state index >= 15 is 0 Å². The molecule has 1 heteroatoms. The summed E-state index contributed by atoms with van der Waals surface area (Å²) >= 11 is 0. The molecule has 1 saturated carbocycles. The van der Waals surface area contributed by atoms with Crippen molar-refractivity contribution in [2.75, 3.05) is 7.11 Å². The van der Waals surface area contributed by atoms with Gasteiger partial charge in [0.15, 0.2) is 0 Å². The number of ether oxygens (including phenoxy) is 1. The minimum absolute atomic E-state index is 0.494. The molecule has 1 atom stereocenters. The van der Waals surface area contributed by atoms with E-state index in [4.69, 9.17) is 4.74 Å². The third-order valence-electron chi connectivity index (χ3n) is 3.60. The van der Waals surface area contributed by atoms with E-state index in [0.717, 1.165) is 0 Å². The van der Waals surface area contributed by atoms with Crippen LogP contribution >= 0.6 is 0 Å². The molecular weight excluding hydrogens is 184 g/mol. The van der Waals surface area contributed by atoms with Crippen LogP contribution in [0.3, 0.4) is 0 Å². The second-order valence-corrected chi connectivity index (χ2v) is 5.21. The topological polar surface area (TPSA) is 9.23 Å². The Morgan fingerprint density at radius 3 is 2.47 bits per heavy atom. The zero-order valence-corrected chi connectivity index (χ0v) is 10.8. The molecule has 0 saturated heterocycles. The van der Waals surface area contributed by atoms with Crippen LogP contribution in [0, 0.1) is 5.41 Å². The molecule has 1 aliphatic carbocycles. The lowest BCUT2D eigenvalue weighted by Gasteiger charge is -2.24. The third kappa shape index (κ3) is 3.64. The Hall–Kier alpha value is -0.300. The molecule has 1 rings (SSSR count). The molecule has 1 fully saturated rings. The first kappa shape index (κ1) is 12.8. The van der Waals surface area contributed by atoms with Gasteiger partial charge >= 0.3 is 0 Å². The first-order valence-corrected chi connectivity index (χ1v) is 6.31. The van der Waals surface area contributed by atoms with Crippen LogP contribution in [-0.2, 0) is 4.74 Å². The van der Waals surface area contributed by atoms with Crippen molar-refractivity contribution >= 4 is 0 Å². The summed E-state index contributed by atoms with van der Waals surface area (Å²) in [5, 5.41) is 0. The predicted molar refractivity (Wildman–Crippen MR) is 66.0 cm³/mol. The number of hydrogen-bond acceptors (Lipinski definition) is 1. The maximum atomic E-state index is 5.68. The van der Waals surface area contributed by atoms with Gasteiger partial charge in [0.2, 0.25) is 0 Å². The summed E-state index contributed by atoms with van der Waals surface area (Å²) in [7, 11) is 1.88. The highest BCUT2D eigenvalue weighted by Crippen LogP contribution is 2.54. The van der Waals surface area contributed by atoms with Crippen molar-refractivity contribution in [1.29, 1.82) is 0 Å². The van der Waals surface area contributed by atoms with Crippen LogP contribution in [0.15, 0.2) is 11.6 Å². The Bertz CT molecular complexity index is 209. The van der Waals surface area contributed by atoms with E-state index in [1.807, 2.05) is 7.11 Å². The van der Waals surface area contributed by atoms with Crippen molar-refractivity contribution in [2.45, 2.75) is 65.4 Å². The molecule has 0 aromatic carbocycles. The van der Waals surface area contributed by atoms with Gasteiger partial charge in [0.25, 0.3) is 0 Å². The molecule has 1 aliphatic rings. The SMILES string of the molecule is CCCCC(OC)C1(CC=C(C)C)CC1. The Kier molecular flexibility index (Phi) is 4.85. The molecule has 0 radical (unpaired) electrons. The average molecular weight is 210 g/mol. The molecule has 0 heterocycles. The minimum Gasteiger partial charge on any atom is -0.381 e. The Balaban J connectivity index is 2.47. The van der Waals surface area contributed by atoms with Crippen molar-refractivity contribution in [3.8, 4) is 0 Å². The molecule has 0 N–H and O–H groups in total. The maximum Gasteiger partial charge on any atom is 0.0630 e. The van der Waals surface area contributed by atoms with Gasteiger partial charge in [-0.25, -0.2) is 0 Å². The summed E-state index contributed by atoms with van der Waals surface area (Å²) in [4.78, 5) is 0. The van der Waals surface area contributed by atoms with Crippen LogP contribution in [0.1, 0.15) is 59.3 Å². The van der Waals surface area contributed by atoms with E-state index in [2.05, 4.69) is 26.8 Å². The largest absolute Gasteiger partial charge is 0.381 e. The smallest absolute Gasteiger partial charge is 0.0630 e. The van der Waals surface area contributed by atoms with E-state index in [1.54, 1.807) is 0 Å². The highest BCUT2D eigenvalue weighted by Gasteiger charge is 2.48. The van der Waals surface area contributed by atoms with Crippen molar-refractivity contribution in [3.05, 3.63) is 11.6 Å². The van der Waals surface area contributed by atoms with Crippen molar-refractivity contribution < 1.29 is 4.74 Å². The molecule has 0 amide bonds. The van der Waals surface area contributed by atoms with Gasteiger partial charge in [0.05, 0.1) is 6.10 Å². The third-order valence-corrected chi connectivity index (χ3v) is 3.60. The summed E-state index contributed by atoms with van der Waals surface area (Å²) in [6, 6.07) is 0. The van der Waals surface area contributed by atoms with Gasteiger partial charge < -0.3 is 4.74 Å². The van der Waals surface area contributed by atoms with Gasteiger partial charge in [0, 0.05) is 12.5 Å². The molecule has 15 heavy (non-hydrogen) atoms. The van der Waals surface area contributed by atoms with E-state index in [0.29, 0.717) is 11.5 Å². The van der Waals surface area contributed by atoms with Crippen LogP contribution in [0.2, 0.25) is 0 Å². The van der Waals surface area contributed by atoms with Gasteiger partial charge in [-0.3, -0.25) is 0 Å². The lowest BCUT2D eigenvalue weighted by molar-refractivity contribution is 0.0326. The van der Waals surface area contributed by atoms with E-state index in [1.165, 1.54) is 44.1 Å². The van der Waals surface area contributed by atoms with Crippen molar-refractivity contribution in [3.63, 3.8) is 0 Å². The fraction of sp³-hybridized carbons (Fsp3) is 0.857. The molecule has 1 nitrogen and oxygen atoms in total. The van der Waals surface area contributed by atoms with Crippen LogP contribution in [0.5, 0.6) is 0 Å². The summed E-state index contributed by atoms with van der Waals surface area (Å²) < 4.78 is 5.68. The highest BCUT2D eigenvalue weighted by molar-refractivity contribution is 5.06. The van der Waals surface area contributed by atoms with Gasteiger partial charge in [-0.15, -0.1) is 0 Å². The lowest BCUT2D eigenvalue weighted by atomic mass is 9.90. The van der Waals surface area contributed by atoms with Crippen LogP contribution in [-0.4, -0.2) is 13.2 Å². The zero-order chi connectivity index (χ0) is 11.3. The van der Waals surface area contributed by atoms with Gasteiger partial charge in [-0.2, -0.15) is 0 Å². The fourth-order valence-corrected chi connectivity index (χ4v) is 2.29. The summed E-state index contributed by atoms with van der Waals surface area (Å²) in [5.74, 6) is 0. The highest BCUT2D eigenvalue weighted by atomic mass is 16.5. The summed E-state index contributed by atoms with van der Waals surface area (Å²) in [6.45, 7) is 6.62. The second kappa shape index (κ2) is 5.69. The molecular formula is C14H26O. The van der Waals surface area contributed by atoms with Crippen molar-refractivity contribution in [2.24, 2.45) is 5.41 Å². The van der Waals surface area contributed by atoms with Gasteiger partial charge in [-0.1, -0.05) is 31.4 Å². The fourth-order valence-electron chi connectivity index (χ4n) is 2.29. The van der Waals surface area contributed by atoms with E-state index in [9.17, 15) is 0 Å². The van der Waals surface area contributed by atoms with Crippen LogP contribution in [0.4, 0.5) is 0 Å². The lowest BCUT2D eigenvalue weighted by Crippen LogP contribution is -2.24. The minimum atomic E-state index is 0.494. The molecule has 88 valence electrons. The number of unbranched alkanes of at least 4 members (excludes halogenated alkanes) is 1. The Morgan fingerprint density at radius 1 is 1.40 bits per heavy atom. The first-order chi connectivity index (χ1) is 7.14. The average Bonchev–Trinajstić information content (AvgIpc) is 2.97. The molecule has 0 aliphatic heterocycles. The molecule has 0 aromatic heterocycles. The van der Waals surface area contributed by atoms with Crippen molar-refractivity contribution in [1.82, 2.24) is 0 Å². The standard InChI is InChI=1S/C14H26O/c1-5-6-7-13(15-4)14(10-11-14)9-8-12(2)3/h8,13H,5-7,9-11H2,1-4H3. The Morgan fingerprint density at radius 2 is 2.07 bits per heavy atom. The summed E-state index contributed by atoms with van der Waals surface area (Å²) in [6.07, 6.45) is 10.6. The maximum absolute atomic E-state index is 5.68. The van der Waals surface area contributed by atoms with Crippen LogP contribution < -0.4 is 0 Å². The Labute approximate surface area is 94.9 Å². The molecule has 0 aromatic rings. The quantitative estimate of drug-likeness (QED) is 0.568. The number of rotatable bonds is 7. The molecule has 0 bridgehead atoms. The van der Waals surface area contributed by atoms with E-state index < -0.39 is 0 Å². The monoisotopic (exact) mass is 210 g/mol. The number of allylic oxidation sites excluding steroid dienone is 2. The predicted octanol–water partition coefficient (Wildman–Crippen LogP) is 4.33. The van der Waals surface area contributed by atoms with Crippen LogP contribution in [0.25, 0.3) is 0 Å². The normalized spacial score (nSPS) is 19.7. The first-order valence-electron chi connectivity index (χ1n) is 6.31. The van der Waals surface area contributed by atoms with Gasteiger partial charge in [0.1, 0.15) is 0 Å². The number of hydrogen-bond donors (Lipinski definition) is 0. The molecule has 0 spiro atoms. The molecule has 1 unspecified atom stereocenters. The zero-order valence-electron chi connectivity index (χ0n) is 10.8. The second-order valence-electron chi connectivity index (χ2n) is 5.21. The van der Waals surface area contributed by atoms with Gasteiger partial charge in [-0.05, 0) is 39.5 Å². The van der Waals surface area contributed by atoms with E-state index in [-0.39, 0.29) is 0 Å². The summed E-state index contributed by atoms with van der Waals surface area (Å²) in [5.41, 5.74) is 1.94.